The van der Waals surface area contributed by atoms with Crippen molar-refractivity contribution in [1.29, 1.82) is 0 Å². The van der Waals surface area contributed by atoms with Gasteiger partial charge in [-0.05, 0) is 87.2 Å². The second-order valence-corrected chi connectivity index (χ2v) is 9.39. The van der Waals surface area contributed by atoms with Gasteiger partial charge in [0.05, 0.1) is 26.4 Å². The molecule has 0 saturated carbocycles. The SMILES string of the molecule is COc1ccc(C(=O)CCCCCC(O)N[C@H](CN2CCCC2)[C@H](O)c2ccc(OC)c(F)c2)cc1. The van der Waals surface area contributed by atoms with Crippen molar-refractivity contribution >= 4 is 5.78 Å². The van der Waals surface area contributed by atoms with Crippen LogP contribution in [0.25, 0.3) is 0 Å². The number of unbranched alkanes of at least 4 members (excludes halogenated alkanes) is 2. The second-order valence-electron chi connectivity index (χ2n) is 9.39. The summed E-state index contributed by atoms with van der Waals surface area (Å²) in [5, 5.41) is 24.8. The molecule has 2 aromatic carbocycles. The minimum atomic E-state index is -0.984. The van der Waals surface area contributed by atoms with Gasteiger partial charge in [-0.25, -0.2) is 4.39 Å². The van der Waals surface area contributed by atoms with Gasteiger partial charge >= 0.3 is 0 Å². The van der Waals surface area contributed by atoms with Crippen LogP contribution in [0.15, 0.2) is 42.5 Å². The van der Waals surface area contributed by atoms with Crippen LogP contribution in [0.4, 0.5) is 4.39 Å². The number of rotatable bonds is 15. The molecule has 1 unspecified atom stereocenters. The molecule has 1 heterocycles. The lowest BCUT2D eigenvalue weighted by atomic mass is 10.0. The Morgan fingerprint density at radius 2 is 1.75 bits per heavy atom. The number of nitrogens with zero attached hydrogens (tertiary/aromatic N) is 1. The van der Waals surface area contributed by atoms with Crippen molar-refractivity contribution in [2.24, 2.45) is 0 Å². The van der Waals surface area contributed by atoms with Gasteiger partial charge in [0.2, 0.25) is 0 Å². The lowest BCUT2D eigenvalue weighted by molar-refractivity contribution is 0.0463. The predicted molar refractivity (Wildman–Crippen MR) is 137 cm³/mol. The number of halogens is 1. The Morgan fingerprint density at radius 1 is 1.03 bits per heavy atom. The van der Waals surface area contributed by atoms with E-state index < -0.39 is 24.2 Å². The first-order chi connectivity index (χ1) is 17.4. The summed E-state index contributed by atoms with van der Waals surface area (Å²) in [6.07, 6.45) is 3.66. The van der Waals surface area contributed by atoms with E-state index in [-0.39, 0.29) is 11.5 Å². The van der Waals surface area contributed by atoms with Gasteiger partial charge in [-0.1, -0.05) is 12.5 Å². The Labute approximate surface area is 213 Å². The zero-order valence-corrected chi connectivity index (χ0v) is 21.3. The van der Waals surface area contributed by atoms with Crippen molar-refractivity contribution in [1.82, 2.24) is 10.2 Å². The van der Waals surface area contributed by atoms with E-state index in [0.717, 1.165) is 50.9 Å². The standard InChI is InChI=1S/C28H39FN2O5/c1-35-22-13-10-20(11-14-22)25(32)8-4-3-5-9-27(33)30-24(19-31-16-6-7-17-31)28(34)21-12-15-26(36-2)23(29)18-21/h10-15,18,24,27-28,30,33-34H,3-9,16-17,19H2,1-2H3/t24-,27?,28-/m1/s1. The molecular formula is C28H39FN2O5. The summed E-state index contributed by atoms with van der Waals surface area (Å²) < 4.78 is 24.3. The van der Waals surface area contributed by atoms with Crippen LogP contribution < -0.4 is 14.8 Å². The molecule has 36 heavy (non-hydrogen) atoms. The van der Waals surface area contributed by atoms with Crippen LogP contribution in [0.2, 0.25) is 0 Å². The van der Waals surface area contributed by atoms with E-state index in [4.69, 9.17) is 9.47 Å². The maximum Gasteiger partial charge on any atom is 0.165 e. The summed E-state index contributed by atoms with van der Waals surface area (Å²) in [5.74, 6) is 0.411. The molecule has 0 aliphatic carbocycles. The van der Waals surface area contributed by atoms with E-state index >= 15 is 0 Å². The van der Waals surface area contributed by atoms with Crippen LogP contribution in [-0.4, -0.2) is 67.0 Å². The predicted octanol–water partition coefficient (Wildman–Crippen LogP) is 4.08. The van der Waals surface area contributed by atoms with Gasteiger partial charge in [0.25, 0.3) is 0 Å². The quantitative estimate of drug-likeness (QED) is 0.192. The fourth-order valence-corrected chi connectivity index (χ4v) is 4.64. The fourth-order valence-electron chi connectivity index (χ4n) is 4.64. The van der Waals surface area contributed by atoms with Gasteiger partial charge < -0.3 is 24.6 Å². The lowest BCUT2D eigenvalue weighted by Gasteiger charge is -2.31. The van der Waals surface area contributed by atoms with E-state index in [9.17, 15) is 19.4 Å². The van der Waals surface area contributed by atoms with Gasteiger partial charge in [-0.3, -0.25) is 10.1 Å². The molecule has 1 aliphatic heterocycles. The number of ketones is 1. The molecule has 0 amide bonds. The highest BCUT2D eigenvalue weighted by Crippen LogP contribution is 2.25. The summed E-state index contributed by atoms with van der Waals surface area (Å²) in [7, 11) is 2.99. The summed E-state index contributed by atoms with van der Waals surface area (Å²) in [6.45, 7) is 2.45. The number of carbonyl (C=O) groups is 1. The molecule has 1 aliphatic rings. The molecule has 0 aromatic heterocycles. The minimum absolute atomic E-state index is 0.0943. The average molecular weight is 503 g/mol. The van der Waals surface area contributed by atoms with E-state index in [1.807, 2.05) is 0 Å². The third-order valence-electron chi connectivity index (χ3n) is 6.75. The van der Waals surface area contributed by atoms with E-state index in [0.29, 0.717) is 30.5 Å². The molecule has 3 atom stereocenters. The van der Waals surface area contributed by atoms with Gasteiger partial charge in [0.1, 0.15) is 12.0 Å². The number of Topliss-reactive ketones (excluding diaryl/α,β-unsaturated/α-hetero) is 1. The van der Waals surface area contributed by atoms with E-state index in [2.05, 4.69) is 10.2 Å². The molecular weight excluding hydrogens is 463 g/mol. The molecule has 3 N–H and O–H groups in total. The number of aliphatic hydroxyl groups is 2. The monoisotopic (exact) mass is 502 g/mol. The van der Waals surface area contributed by atoms with Crippen LogP contribution in [0.5, 0.6) is 11.5 Å². The third-order valence-corrected chi connectivity index (χ3v) is 6.75. The van der Waals surface area contributed by atoms with Gasteiger partial charge in [-0.2, -0.15) is 0 Å². The van der Waals surface area contributed by atoms with Gasteiger partial charge in [0.15, 0.2) is 17.3 Å². The van der Waals surface area contributed by atoms with Crippen molar-refractivity contribution in [3.05, 3.63) is 59.4 Å². The molecule has 0 bridgehead atoms. The molecule has 198 valence electrons. The summed E-state index contributed by atoms with van der Waals surface area (Å²) in [5.41, 5.74) is 1.11. The summed E-state index contributed by atoms with van der Waals surface area (Å²) in [4.78, 5) is 14.6. The zero-order valence-electron chi connectivity index (χ0n) is 21.3. The first kappa shape index (κ1) is 28.1. The highest BCUT2D eigenvalue weighted by molar-refractivity contribution is 5.96. The van der Waals surface area contributed by atoms with Crippen molar-refractivity contribution in [2.45, 2.75) is 63.3 Å². The molecule has 1 fully saturated rings. The molecule has 3 rings (SSSR count). The van der Waals surface area contributed by atoms with Crippen LogP contribution in [0.1, 0.15) is 67.0 Å². The molecule has 0 radical (unpaired) electrons. The van der Waals surface area contributed by atoms with E-state index in [1.54, 1.807) is 37.4 Å². The molecule has 2 aromatic rings. The maximum absolute atomic E-state index is 14.2. The topological polar surface area (TPSA) is 91.3 Å². The van der Waals surface area contributed by atoms with Crippen molar-refractivity contribution in [3.8, 4) is 11.5 Å². The van der Waals surface area contributed by atoms with E-state index in [1.165, 1.54) is 19.2 Å². The number of hydrogen-bond donors (Lipinski definition) is 3. The number of likely N-dealkylation sites (tertiary alicyclic amines) is 1. The smallest absolute Gasteiger partial charge is 0.165 e. The minimum Gasteiger partial charge on any atom is -0.497 e. The molecule has 0 spiro atoms. The normalized spacial score (nSPS) is 16.5. The largest absolute Gasteiger partial charge is 0.497 e. The zero-order chi connectivity index (χ0) is 25.9. The number of benzene rings is 2. The summed E-state index contributed by atoms with van der Waals surface area (Å²) in [6, 6.07) is 11.1. The van der Waals surface area contributed by atoms with Crippen LogP contribution >= 0.6 is 0 Å². The highest BCUT2D eigenvalue weighted by atomic mass is 19.1. The van der Waals surface area contributed by atoms with Crippen LogP contribution in [0, 0.1) is 5.82 Å². The average Bonchev–Trinajstić information content (AvgIpc) is 3.40. The van der Waals surface area contributed by atoms with Gasteiger partial charge in [0, 0.05) is 18.5 Å². The maximum atomic E-state index is 14.2. The summed E-state index contributed by atoms with van der Waals surface area (Å²) >= 11 is 0. The Balaban J connectivity index is 1.47. The first-order valence-corrected chi connectivity index (χ1v) is 12.8. The first-order valence-electron chi connectivity index (χ1n) is 12.8. The molecule has 7 nitrogen and oxygen atoms in total. The molecule has 8 heteroatoms. The lowest BCUT2D eigenvalue weighted by Crippen LogP contribution is -2.48. The Morgan fingerprint density at radius 3 is 2.39 bits per heavy atom. The number of aliphatic hydroxyl groups excluding tert-OH is 2. The Hall–Kier alpha value is -2.52. The highest BCUT2D eigenvalue weighted by Gasteiger charge is 2.27. The number of ether oxygens (including phenoxy) is 2. The van der Waals surface area contributed by atoms with Crippen LogP contribution in [-0.2, 0) is 0 Å². The van der Waals surface area contributed by atoms with Crippen LogP contribution in [0.3, 0.4) is 0 Å². The number of carbonyl (C=O) groups excluding carboxylic acids is 1. The van der Waals surface area contributed by atoms with Crippen molar-refractivity contribution < 1.29 is 28.9 Å². The number of nitrogens with one attached hydrogen (secondary N) is 1. The fraction of sp³-hybridized carbons (Fsp3) is 0.536. The third kappa shape index (κ3) is 8.27. The van der Waals surface area contributed by atoms with Gasteiger partial charge in [-0.15, -0.1) is 0 Å². The Kier molecular flexibility index (Phi) is 11.1. The second kappa shape index (κ2) is 14.3. The number of hydrogen-bond acceptors (Lipinski definition) is 7. The number of methoxy groups -OCH3 is 2. The van der Waals surface area contributed by atoms with Crippen molar-refractivity contribution in [3.63, 3.8) is 0 Å². The Bertz CT molecular complexity index is 949. The van der Waals surface area contributed by atoms with Crippen molar-refractivity contribution in [2.75, 3.05) is 33.9 Å². The molecule has 1 saturated heterocycles.